The maximum atomic E-state index is 12.9. The van der Waals surface area contributed by atoms with Crippen molar-refractivity contribution >= 4 is 22.8 Å². The number of aromatic nitrogens is 2. The Labute approximate surface area is 188 Å². The van der Waals surface area contributed by atoms with Gasteiger partial charge in [0.1, 0.15) is 5.75 Å². The first-order valence-corrected chi connectivity index (χ1v) is 11.2. The Hall–Kier alpha value is -3.35. The quantitative estimate of drug-likeness (QED) is 0.616. The van der Waals surface area contributed by atoms with Crippen LogP contribution >= 0.6 is 0 Å². The SMILES string of the molecule is CC(Oc1ccccc1C(C)C)C(=O)N1CCC(NC(=O)c2ccc3nc[nH]c3c2)CC1. The van der Waals surface area contributed by atoms with Crippen molar-refractivity contribution in [1.82, 2.24) is 20.2 Å². The zero-order valence-electron chi connectivity index (χ0n) is 18.8. The fourth-order valence-electron chi connectivity index (χ4n) is 4.15. The van der Waals surface area contributed by atoms with Gasteiger partial charge in [0.2, 0.25) is 0 Å². The molecular formula is C25H30N4O3. The minimum atomic E-state index is -0.554. The normalized spacial score (nSPS) is 15.7. The molecule has 2 N–H and O–H groups in total. The van der Waals surface area contributed by atoms with Gasteiger partial charge in [0.15, 0.2) is 6.10 Å². The Morgan fingerprint density at radius 2 is 1.88 bits per heavy atom. The van der Waals surface area contributed by atoms with Gasteiger partial charge in [-0.3, -0.25) is 9.59 Å². The Kier molecular flexibility index (Phi) is 6.44. The van der Waals surface area contributed by atoms with Crippen molar-refractivity contribution in [2.45, 2.75) is 51.7 Å². The van der Waals surface area contributed by atoms with Crippen LogP contribution in [0.3, 0.4) is 0 Å². The van der Waals surface area contributed by atoms with Crippen LogP contribution in [0.2, 0.25) is 0 Å². The van der Waals surface area contributed by atoms with Crippen LogP contribution in [-0.2, 0) is 4.79 Å². The molecule has 2 amide bonds. The Morgan fingerprint density at radius 3 is 2.62 bits per heavy atom. The van der Waals surface area contributed by atoms with Crippen molar-refractivity contribution < 1.29 is 14.3 Å². The monoisotopic (exact) mass is 434 g/mol. The molecule has 0 bridgehead atoms. The van der Waals surface area contributed by atoms with E-state index in [0.29, 0.717) is 24.6 Å². The predicted molar refractivity (Wildman–Crippen MR) is 124 cm³/mol. The number of nitrogens with zero attached hydrogens (tertiary/aromatic N) is 2. The van der Waals surface area contributed by atoms with Gasteiger partial charge in [-0.1, -0.05) is 32.0 Å². The van der Waals surface area contributed by atoms with Gasteiger partial charge in [-0.25, -0.2) is 4.98 Å². The molecule has 1 unspecified atom stereocenters. The second-order valence-electron chi connectivity index (χ2n) is 8.66. The predicted octanol–water partition coefficient (Wildman–Crippen LogP) is 3.87. The number of imidazole rings is 1. The number of H-pyrrole nitrogens is 1. The number of amides is 2. The van der Waals surface area contributed by atoms with E-state index in [9.17, 15) is 9.59 Å². The molecule has 1 aliphatic rings. The van der Waals surface area contributed by atoms with Crippen molar-refractivity contribution in [1.29, 1.82) is 0 Å². The molecule has 168 valence electrons. The molecule has 1 fully saturated rings. The number of hydrogen-bond donors (Lipinski definition) is 2. The van der Waals surface area contributed by atoms with Gasteiger partial charge in [-0.05, 0) is 55.5 Å². The van der Waals surface area contributed by atoms with Gasteiger partial charge in [0, 0.05) is 24.7 Å². The zero-order chi connectivity index (χ0) is 22.7. The summed E-state index contributed by atoms with van der Waals surface area (Å²) in [5.74, 6) is 0.966. The number of carbonyl (C=O) groups excluding carboxylic acids is 2. The molecule has 1 aliphatic heterocycles. The van der Waals surface area contributed by atoms with Gasteiger partial charge in [-0.2, -0.15) is 0 Å². The average Bonchev–Trinajstić information content (AvgIpc) is 3.27. The van der Waals surface area contributed by atoms with Crippen molar-refractivity contribution in [3.63, 3.8) is 0 Å². The average molecular weight is 435 g/mol. The molecule has 0 saturated carbocycles. The molecule has 1 saturated heterocycles. The van der Waals surface area contributed by atoms with E-state index in [1.54, 1.807) is 19.3 Å². The molecule has 1 aromatic heterocycles. The smallest absolute Gasteiger partial charge is 0.263 e. The molecule has 7 heteroatoms. The molecule has 2 heterocycles. The summed E-state index contributed by atoms with van der Waals surface area (Å²) in [6, 6.07) is 13.3. The number of nitrogens with one attached hydrogen (secondary N) is 2. The van der Waals surface area contributed by atoms with Crippen LogP contribution in [0, 0.1) is 0 Å². The Morgan fingerprint density at radius 1 is 1.12 bits per heavy atom. The van der Waals surface area contributed by atoms with Crippen LogP contribution in [0.25, 0.3) is 11.0 Å². The number of carbonyl (C=O) groups is 2. The standard InChI is InChI=1S/C25H30N4O3/c1-16(2)20-6-4-5-7-23(20)32-17(3)25(31)29-12-10-19(11-13-29)28-24(30)18-8-9-21-22(14-18)27-15-26-21/h4-9,14-17,19H,10-13H2,1-3H3,(H,26,27)(H,28,30). The molecule has 3 aromatic rings. The van der Waals surface area contributed by atoms with Crippen LogP contribution in [0.1, 0.15) is 55.5 Å². The van der Waals surface area contributed by atoms with E-state index in [0.717, 1.165) is 35.2 Å². The van der Waals surface area contributed by atoms with E-state index >= 15 is 0 Å². The lowest BCUT2D eigenvalue weighted by Gasteiger charge is -2.34. The maximum Gasteiger partial charge on any atom is 0.263 e. The van der Waals surface area contributed by atoms with Gasteiger partial charge in [-0.15, -0.1) is 0 Å². The highest BCUT2D eigenvalue weighted by molar-refractivity contribution is 5.97. The first-order valence-electron chi connectivity index (χ1n) is 11.2. The van der Waals surface area contributed by atoms with Crippen molar-refractivity contribution in [2.24, 2.45) is 0 Å². The van der Waals surface area contributed by atoms with Crippen LogP contribution in [0.5, 0.6) is 5.75 Å². The lowest BCUT2D eigenvalue weighted by molar-refractivity contribution is -0.139. The summed E-state index contributed by atoms with van der Waals surface area (Å²) in [5.41, 5.74) is 3.37. The number of rotatable bonds is 6. The molecule has 7 nitrogen and oxygen atoms in total. The van der Waals surface area contributed by atoms with Crippen molar-refractivity contribution in [2.75, 3.05) is 13.1 Å². The van der Waals surface area contributed by atoms with Crippen LogP contribution in [0.15, 0.2) is 48.8 Å². The van der Waals surface area contributed by atoms with E-state index in [4.69, 9.17) is 4.74 Å². The molecule has 0 spiro atoms. The van der Waals surface area contributed by atoms with Crippen LogP contribution in [0.4, 0.5) is 0 Å². The van der Waals surface area contributed by atoms with Gasteiger partial charge in [0.25, 0.3) is 11.8 Å². The summed E-state index contributed by atoms with van der Waals surface area (Å²) in [4.78, 5) is 34.6. The third kappa shape index (κ3) is 4.77. The largest absolute Gasteiger partial charge is 0.481 e. The zero-order valence-corrected chi connectivity index (χ0v) is 18.8. The number of fused-ring (bicyclic) bond motifs is 1. The van der Waals surface area contributed by atoms with Crippen molar-refractivity contribution in [3.8, 4) is 5.75 Å². The number of likely N-dealkylation sites (tertiary alicyclic amines) is 1. The lowest BCUT2D eigenvalue weighted by Crippen LogP contribution is -2.49. The number of benzene rings is 2. The minimum absolute atomic E-state index is 0.0157. The number of hydrogen-bond acceptors (Lipinski definition) is 4. The van der Waals surface area contributed by atoms with Gasteiger partial charge < -0.3 is 19.9 Å². The fraction of sp³-hybridized carbons (Fsp3) is 0.400. The topological polar surface area (TPSA) is 87.3 Å². The number of aromatic amines is 1. The van der Waals surface area contributed by atoms with Crippen LogP contribution < -0.4 is 10.1 Å². The minimum Gasteiger partial charge on any atom is -0.481 e. The summed E-state index contributed by atoms with van der Waals surface area (Å²) < 4.78 is 6.03. The molecule has 2 aromatic carbocycles. The van der Waals surface area contributed by atoms with Gasteiger partial charge in [0.05, 0.1) is 17.4 Å². The van der Waals surface area contributed by atoms with E-state index in [-0.39, 0.29) is 17.9 Å². The van der Waals surface area contributed by atoms with E-state index in [1.807, 2.05) is 41.3 Å². The molecule has 0 aliphatic carbocycles. The third-order valence-electron chi connectivity index (χ3n) is 6.02. The number of piperidine rings is 1. The van der Waals surface area contributed by atoms with Crippen LogP contribution in [-0.4, -0.2) is 51.9 Å². The summed E-state index contributed by atoms with van der Waals surface area (Å²) >= 11 is 0. The third-order valence-corrected chi connectivity index (χ3v) is 6.02. The Bertz CT molecular complexity index is 1100. The Balaban J connectivity index is 1.30. The number of para-hydroxylation sites is 1. The summed E-state index contributed by atoms with van der Waals surface area (Å²) in [6.45, 7) is 7.23. The highest BCUT2D eigenvalue weighted by atomic mass is 16.5. The molecule has 1 atom stereocenters. The van der Waals surface area contributed by atoms with Crippen molar-refractivity contribution in [3.05, 3.63) is 59.9 Å². The van der Waals surface area contributed by atoms with Gasteiger partial charge >= 0.3 is 0 Å². The first kappa shape index (κ1) is 21.9. The maximum absolute atomic E-state index is 12.9. The fourth-order valence-corrected chi connectivity index (χ4v) is 4.15. The van der Waals surface area contributed by atoms with E-state index in [2.05, 4.69) is 29.1 Å². The van der Waals surface area contributed by atoms with E-state index < -0.39 is 6.10 Å². The lowest BCUT2D eigenvalue weighted by atomic mass is 10.0. The number of ether oxygens (including phenoxy) is 1. The molecular weight excluding hydrogens is 404 g/mol. The van der Waals surface area contributed by atoms with E-state index in [1.165, 1.54) is 0 Å². The first-order chi connectivity index (χ1) is 15.4. The molecule has 32 heavy (non-hydrogen) atoms. The summed E-state index contributed by atoms with van der Waals surface area (Å²) in [5, 5.41) is 3.10. The summed E-state index contributed by atoms with van der Waals surface area (Å²) in [7, 11) is 0. The highest BCUT2D eigenvalue weighted by Crippen LogP contribution is 2.27. The highest BCUT2D eigenvalue weighted by Gasteiger charge is 2.28. The molecule has 4 rings (SSSR count). The second-order valence-corrected chi connectivity index (χ2v) is 8.66. The summed E-state index contributed by atoms with van der Waals surface area (Å²) in [6.07, 6.45) is 2.51. The second kappa shape index (κ2) is 9.42. The molecule has 0 radical (unpaired) electrons.